The van der Waals surface area contributed by atoms with Crippen LogP contribution in [0.4, 0.5) is 4.79 Å². The van der Waals surface area contributed by atoms with Gasteiger partial charge in [0.2, 0.25) is 0 Å². The van der Waals surface area contributed by atoms with Crippen molar-refractivity contribution in [3.8, 4) is 0 Å². The van der Waals surface area contributed by atoms with E-state index < -0.39 is 6.09 Å². The third-order valence-corrected chi connectivity index (χ3v) is 2.17. The average molecular weight is 186 g/mol. The number of rotatable bonds is 2. The third-order valence-electron chi connectivity index (χ3n) is 1.26. The third kappa shape index (κ3) is 2.50. The lowest BCUT2D eigenvalue weighted by Crippen LogP contribution is -2.21. The fourth-order valence-corrected chi connectivity index (χ4v) is 1.45. The van der Waals surface area contributed by atoms with Gasteiger partial charge in [0.05, 0.1) is 18.7 Å². The number of nitrogens with one attached hydrogen (secondary N) is 1. The normalized spacial score (nSPS) is 9.50. The van der Waals surface area contributed by atoms with E-state index in [4.69, 9.17) is 0 Å². The fraction of sp³-hybridized carbons (Fsp3) is 0.429. The molecule has 1 N–H and O–H groups in total. The van der Waals surface area contributed by atoms with E-state index in [1.165, 1.54) is 7.11 Å². The predicted molar refractivity (Wildman–Crippen MR) is 46.1 cm³/mol. The molecule has 0 aliphatic carbocycles. The molecule has 5 heteroatoms. The van der Waals surface area contributed by atoms with Crippen LogP contribution in [0.1, 0.15) is 9.88 Å². The second-order valence-corrected chi connectivity index (χ2v) is 3.51. The number of ether oxygens (including phenoxy) is 1. The minimum atomic E-state index is -0.416. The van der Waals surface area contributed by atoms with Crippen molar-refractivity contribution in [3.05, 3.63) is 16.1 Å². The maximum absolute atomic E-state index is 10.6. The monoisotopic (exact) mass is 186 g/mol. The SMILES string of the molecule is COC(=O)NCc1cnc(C)s1. The Bertz CT molecular complexity index is 272. The van der Waals surface area contributed by atoms with Gasteiger partial charge in [-0.05, 0) is 6.92 Å². The first-order valence-corrected chi connectivity index (χ1v) is 4.27. The molecule has 1 aromatic heterocycles. The van der Waals surface area contributed by atoms with Crippen LogP contribution < -0.4 is 5.32 Å². The summed E-state index contributed by atoms with van der Waals surface area (Å²) in [6.45, 7) is 2.41. The molecular formula is C7H10N2O2S. The van der Waals surface area contributed by atoms with Crippen LogP contribution in [0.2, 0.25) is 0 Å². The maximum atomic E-state index is 10.6. The number of methoxy groups -OCH3 is 1. The summed E-state index contributed by atoms with van der Waals surface area (Å²) in [5, 5.41) is 3.57. The molecule has 12 heavy (non-hydrogen) atoms. The van der Waals surface area contributed by atoms with Crippen LogP contribution in [-0.2, 0) is 11.3 Å². The van der Waals surface area contributed by atoms with E-state index in [0.29, 0.717) is 6.54 Å². The number of amides is 1. The summed E-state index contributed by atoms with van der Waals surface area (Å²) >= 11 is 1.56. The lowest BCUT2D eigenvalue weighted by Gasteiger charge is -1.99. The lowest BCUT2D eigenvalue weighted by molar-refractivity contribution is 0.170. The number of aryl methyl sites for hydroxylation is 1. The highest BCUT2D eigenvalue weighted by atomic mass is 32.1. The molecule has 0 spiro atoms. The van der Waals surface area contributed by atoms with Gasteiger partial charge in [-0.1, -0.05) is 0 Å². The Morgan fingerprint density at radius 2 is 2.58 bits per heavy atom. The average Bonchev–Trinajstić information content (AvgIpc) is 2.47. The Labute approximate surface area is 74.6 Å². The molecule has 0 atom stereocenters. The molecule has 4 nitrogen and oxygen atoms in total. The minimum Gasteiger partial charge on any atom is -0.453 e. The predicted octanol–water partition coefficient (Wildman–Crippen LogP) is 1.31. The number of carbonyl (C=O) groups excluding carboxylic acids is 1. The molecule has 0 radical (unpaired) electrons. The van der Waals surface area contributed by atoms with Gasteiger partial charge in [-0.25, -0.2) is 9.78 Å². The first kappa shape index (κ1) is 8.99. The van der Waals surface area contributed by atoms with Gasteiger partial charge in [-0.3, -0.25) is 0 Å². The molecule has 0 aliphatic rings. The number of alkyl carbamates (subject to hydrolysis) is 1. The zero-order valence-electron chi connectivity index (χ0n) is 6.96. The first-order valence-electron chi connectivity index (χ1n) is 3.45. The van der Waals surface area contributed by atoms with E-state index in [-0.39, 0.29) is 0 Å². The Balaban J connectivity index is 2.38. The molecule has 0 aromatic carbocycles. The molecule has 0 unspecified atom stereocenters. The van der Waals surface area contributed by atoms with Gasteiger partial charge >= 0.3 is 6.09 Å². The van der Waals surface area contributed by atoms with Crippen LogP contribution in [0, 0.1) is 6.92 Å². The van der Waals surface area contributed by atoms with E-state index in [1.54, 1.807) is 17.5 Å². The van der Waals surface area contributed by atoms with Crippen molar-refractivity contribution in [2.24, 2.45) is 0 Å². The molecule has 0 aliphatic heterocycles. The number of nitrogens with zero attached hydrogens (tertiary/aromatic N) is 1. The van der Waals surface area contributed by atoms with E-state index in [9.17, 15) is 4.79 Å². The Morgan fingerprint density at radius 1 is 1.83 bits per heavy atom. The van der Waals surface area contributed by atoms with Crippen molar-refractivity contribution in [3.63, 3.8) is 0 Å². The van der Waals surface area contributed by atoms with Crippen LogP contribution in [0.3, 0.4) is 0 Å². The number of aromatic nitrogens is 1. The highest BCUT2D eigenvalue weighted by Gasteiger charge is 2.00. The van der Waals surface area contributed by atoms with Crippen molar-refractivity contribution in [1.29, 1.82) is 0 Å². The first-order chi connectivity index (χ1) is 5.72. The standard InChI is InChI=1S/C7H10N2O2S/c1-5-8-3-6(12-5)4-9-7(10)11-2/h3H,4H2,1-2H3,(H,9,10). The molecular weight excluding hydrogens is 176 g/mol. The highest BCUT2D eigenvalue weighted by molar-refractivity contribution is 7.11. The Kier molecular flexibility index (Phi) is 3.04. The molecule has 0 saturated heterocycles. The summed E-state index contributed by atoms with van der Waals surface area (Å²) in [7, 11) is 1.34. The summed E-state index contributed by atoms with van der Waals surface area (Å²) in [6.07, 6.45) is 1.33. The fourth-order valence-electron chi connectivity index (χ4n) is 0.719. The second kappa shape index (κ2) is 4.06. The van der Waals surface area contributed by atoms with Crippen LogP contribution in [0.5, 0.6) is 0 Å². The van der Waals surface area contributed by atoms with Gasteiger partial charge in [0.1, 0.15) is 0 Å². The Hall–Kier alpha value is -1.10. The number of carbonyl (C=O) groups is 1. The van der Waals surface area contributed by atoms with Gasteiger partial charge in [-0.15, -0.1) is 11.3 Å². The molecule has 1 heterocycles. The molecule has 0 bridgehead atoms. The molecule has 1 rings (SSSR count). The van der Waals surface area contributed by atoms with Crippen molar-refractivity contribution in [1.82, 2.24) is 10.3 Å². The largest absolute Gasteiger partial charge is 0.453 e. The van der Waals surface area contributed by atoms with E-state index >= 15 is 0 Å². The van der Waals surface area contributed by atoms with Gasteiger partial charge in [0.15, 0.2) is 0 Å². The van der Waals surface area contributed by atoms with Crippen molar-refractivity contribution in [2.45, 2.75) is 13.5 Å². The van der Waals surface area contributed by atoms with Gasteiger partial charge < -0.3 is 10.1 Å². The molecule has 0 fully saturated rings. The van der Waals surface area contributed by atoms with Gasteiger partial charge in [0.25, 0.3) is 0 Å². The van der Waals surface area contributed by atoms with E-state index in [0.717, 1.165) is 9.88 Å². The minimum absolute atomic E-state index is 0.416. The van der Waals surface area contributed by atoms with Crippen molar-refractivity contribution < 1.29 is 9.53 Å². The maximum Gasteiger partial charge on any atom is 0.407 e. The van der Waals surface area contributed by atoms with Crippen LogP contribution in [-0.4, -0.2) is 18.2 Å². The Morgan fingerprint density at radius 3 is 3.08 bits per heavy atom. The quantitative estimate of drug-likeness (QED) is 0.757. The topological polar surface area (TPSA) is 51.2 Å². The van der Waals surface area contributed by atoms with E-state index in [2.05, 4.69) is 15.0 Å². The molecule has 1 aromatic rings. The van der Waals surface area contributed by atoms with E-state index in [1.807, 2.05) is 6.92 Å². The summed E-state index contributed by atoms with van der Waals surface area (Å²) in [6, 6.07) is 0. The summed E-state index contributed by atoms with van der Waals surface area (Å²) in [4.78, 5) is 15.7. The smallest absolute Gasteiger partial charge is 0.407 e. The second-order valence-electron chi connectivity index (χ2n) is 2.19. The zero-order chi connectivity index (χ0) is 8.97. The van der Waals surface area contributed by atoms with Crippen LogP contribution in [0.15, 0.2) is 6.20 Å². The number of hydrogen-bond donors (Lipinski definition) is 1. The van der Waals surface area contributed by atoms with Crippen LogP contribution >= 0.6 is 11.3 Å². The molecule has 1 amide bonds. The van der Waals surface area contributed by atoms with Gasteiger partial charge in [-0.2, -0.15) is 0 Å². The van der Waals surface area contributed by atoms with Crippen LogP contribution in [0.25, 0.3) is 0 Å². The summed E-state index contributed by atoms with van der Waals surface area (Å²) < 4.78 is 4.41. The summed E-state index contributed by atoms with van der Waals surface area (Å²) in [5.41, 5.74) is 0. The molecule has 0 saturated carbocycles. The number of thiazole rings is 1. The van der Waals surface area contributed by atoms with Crippen molar-refractivity contribution >= 4 is 17.4 Å². The van der Waals surface area contributed by atoms with Crippen molar-refractivity contribution in [2.75, 3.05) is 7.11 Å². The number of hydrogen-bond acceptors (Lipinski definition) is 4. The summed E-state index contributed by atoms with van der Waals surface area (Å²) in [5.74, 6) is 0. The lowest BCUT2D eigenvalue weighted by atomic mass is 10.5. The zero-order valence-corrected chi connectivity index (χ0v) is 7.77. The molecule has 66 valence electrons. The highest BCUT2D eigenvalue weighted by Crippen LogP contribution is 2.10. The van der Waals surface area contributed by atoms with Gasteiger partial charge in [0, 0.05) is 11.1 Å².